The number of thiophene rings is 1. The molecule has 0 aliphatic carbocycles. The molecule has 2 atom stereocenters. The SMILES string of the molecule is CCC(NCC(C)(O)C(=O)O)c1cccs1. The molecule has 16 heavy (non-hydrogen) atoms. The van der Waals surface area contributed by atoms with Gasteiger partial charge in [0.25, 0.3) is 0 Å². The number of carboxylic acid groups (broad SMARTS) is 1. The third-order valence-corrected chi connectivity index (χ3v) is 3.43. The Balaban J connectivity index is 2.56. The molecule has 3 N–H and O–H groups in total. The molecule has 1 aromatic rings. The van der Waals surface area contributed by atoms with Crippen molar-refractivity contribution in [3.8, 4) is 0 Å². The van der Waals surface area contributed by atoms with Gasteiger partial charge in [-0.3, -0.25) is 0 Å². The smallest absolute Gasteiger partial charge is 0.336 e. The van der Waals surface area contributed by atoms with Gasteiger partial charge in [0.1, 0.15) is 0 Å². The first kappa shape index (κ1) is 13.2. The maximum Gasteiger partial charge on any atom is 0.336 e. The molecule has 0 aromatic carbocycles. The number of carbonyl (C=O) groups is 1. The van der Waals surface area contributed by atoms with Crippen molar-refractivity contribution in [1.82, 2.24) is 5.32 Å². The van der Waals surface area contributed by atoms with Gasteiger partial charge in [-0.1, -0.05) is 13.0 Å². The standard InChI is InChI=1S/C11H17NO3S/c1-3-8(9-5-4-6-16-9)12-7-11(2,15)10(13)14/h4-6,8,12,15H,3,7H2,1-2H3,(H,13,14). The van der Waals surface area contributed by atoms with E-state index in [9.17, 15) is 9.90 Å². The number of hydrogen-bond acceptors (Lipinski definition) is 4. The van der Waals surface area contributed by atoms with Crippen LogP contribution >= 0.6 is 11.3 Å². The van der Waals surface area contributed by atoms with Crippen LogP contribution in [0.15, 0.2) is 17.5 Å². The monoisotopic (exact) mass is 243 g/mol. The summed E-state index contributed by atoms with van der Waals surface area (Å²) >= 11 is 1.62. The lowest BCUT2D eigenvalue weighted by atomic mass is 10.1. The summed E-state index contributed by atoms with van der Waals surface area (Å²) in [6.45, 7) is 3.36. The van der Waals surface area contributed by atoms with Crippen LogP contribution in [-0.2, 0) is 4.79 Å². The summed E-state index contributed by atoms with van der Waals surface area (Å²) in [5.74, 6) is -1.21. The zero-order valence-corrected chi connectivity index (χ0v) is 10.3. The quantitative estimate of drug-likeness (QED) is 0.710. The summed E-state index contributed by atoms with van der Waals surface area (Å²) in [5.41, 5.74) is -1.72. The van der Waals surface area contributed by atoms with Crippen molar-refractivity contribution in [3.63, 3.8) is 0 Å². The van der Waals surface area contributed by atoms with Crippen LogP contribution in [0, 0.1) is 0 Å². The van der Waals surface area contributed by atoms with Gasteiger partial charge in [-0.15, -0.1) is 11.3 Å². The molecule has 2 unspecified atom stereocenters. The predicted octanol–water partition coefficient (Wildman–Crippen LogP) is 1.62. The van der Waals surface area contributed by atoms with E-state index in [-0.39, 0.29) is 12.6 Å². The van der Waals surface area contributed by atoms with E-state index in [4.69, 9.17) is 5.11 Å². The lowest BCUT2D eigenvalue weighted by Crippen LogP contribution is -2.45. The van der Waals surface area contributed by atoms with Crippen LogP contribution in [0.2, 0.25) is 0 Å². The van der Waals surface area contributed by atoms with E-state index >= 15 is 0 Å². The van der Waals surface area contributed by atoms with Gasteiger partial charge in [0.2, 0.25) is 0 Å². The van der Waals surface area contributed by atoms with E-state index in [0.717, 1.165) is 11.3 Å². The molecule has 0 fully saturated rings. The Bertz CT molecular complexity index is 335. The minimum absolute atomic E-state index is 0.0404. The maximum absolute atomic E-state index is 10.7. The van der Waals surface area contributed by atoms with E-state index in [1.165, 1.54) is 6.92 Å². The maximum atomic E-state index is 10.7. The average molecular weight is 243 g/mol. The van der Waals surface area contributed by atoms with E-state index in [1.807, 2.05) is 24.4 Å². The Hall–Kier alpha value is -0.910. The molecule has 1 rings (SSSR count). The van der Waals surface area contributed by atoms with Crippen molar-refractivity contribution in [2.45, 2.75) is 31.9 Å². The van der Waals surface area contributed by atoms with Crippen molar-refractivity contribution in [2.75, 3.05) is 6.54 Å². The van der Waals surface area contributed by atoms with Crippen molar-refractivity contribution in [1.29, 1.82) is 0 Å². The highest BCUT2D eigenvalue weighted by Gasteiger charge is 2.30. The van der Waals surface area contributed by atoms with Gasteiger partial charge in [0.05, 0.1) is 0 Å². The number of hydrogen-bond donors (Lipinski definition) is 3. The Morgan fingerprint density at radius 1 is 1.69 bits per heavy atom. The molecule has 0 saturated heterocycles. The average Bonchev–Trinajstić information content (AvgIpc) is 2.71. The van der Waals surface area contributed by atoms with Crippen LogP contribution < -0.4 is 5.32 Å². The van der Waals surface area contributed by atoms with E-state index in [2.05, 4.69) is 5.32 Å². The van der Waals surface area contributed by atoms with Gasteiger partial charge in [-0.05, 0) is 24.8 Å². The first-order chi connectivity index (χ1) is 7.47. The van der Waals surface area contributed by atoms with Crippen molar-refractivity contribution >= 4 is 17.3 Å². The van der Waals surface area contributed by atoms with Gasteiger partial charge in [-0.25, -0.2) is 4.79 Å². The predicted molar refractivity (Wildman–Crippen MR) is 63.6 cm³/mol. The molecule has 5 heteroatoms. The Kier molecular flexibility index (Phi) is 4.46. The lowest BCUT2D eigenvalue weighted by molar-refractivity contribution is -0.156. The summed E-state index contributed by atoms with van der Waals surface area (Å²) in [5, 5.41) is 23.4. The molecule has 1 aromatic heterocycles. The Morgan fingerprint density at radius 3 is 2.81 bits per heavy atom. The largest absolute Gasteiger partial charge is 0.479 e. The molecule has 90 valence electrons. The van der Waals surface area contributed by atoms with Crippen LogP contribution in [-0.4, -0.2) is 28.3 Å². The second kappa shape index (κ2) is 5.43. The zero-order chi connectivity index (χ0) is 12.2. The third kappa shape index (κ3) is 3.30. The van der Waals surface area contributed by atoms with Crippen molar-refractivity contribution in [2.24, 2.45) is 0 Å². The molecular weight excluding hydrogens is 226 g/mol. The molecule has 1 heterocycles. The molecule has 4 nitrogen and oxygen atoms in total. The minimum atomic E-state index is -1.72. The van der Waals surface area contributed by atoms with E-state index < -0.39 is 11.6 Å². The summed E-state index contributed by atoms with van der Waals surface area (Å²) in [7, 11) is 0. The fourth-order valence-corrected chi connectivity index (χ4v) is 2.22. The number of carboxylic acids is 1. The highest BCUT2D eigenvalue weighted by Crippen LogP contribution is 2.22. The summed E-state index contributed by atoms with van der Waals surface area (Å²) < 4.78 is 0. The summed E-state index contributed by atoms with van der Waals surface area (Å²) in [6, 6.07) is 4.06. The summed E-state index contributed by atoms with van der Waals surface area (Å²) in [4.78, 5) is 11.9. The highest BCUT2D eigenvalue weighted by molar-refractivity contribution is 7.10. The van der Waals surface area contributed by atoms with Gasteiger partial charge in [0.15, 0.2) is 5.60 Å². The van der Waals surface area contributed by atoms with Crippen molar-refractivity contribution < 1.29 is 15.0 Å². The first-order valence-corrected chi connectivity index (χ1v) is 6.08. The number of aliphatic carboxylic acids is 1. The van der Waals surface area contributed by atoms with Gasteiger partial charge in [0, 0.05) is 17.5 Å². The highest BCUT2D eigenvalue weighted by atomic mass is 32.1. The molecule has 0 aliphatic heterocycles. The lowest BCUT2D eigenvalue weighted by Gasteiger charge is -2.22. The normalized spacial score (nSPS) is 16.7. The first-order valence-electron chi connectivity index (χ1n) is 5.20. The molecule has 0 aliphatic rings. The second-order valence-electron chi connectivity index (χ2n) is 3.94. The molecule has 0 saturated carbocycles. The van der Waals surface area contributed by atoms with Crippen LogP contribution in [0.5, 0.6) is 0 Å². The molecule has 0 radical (unpaired) electrons. The Labute approximate surface area is 98.9 Å². The third-order valence-electron chi connectivity index (χ3n) is 2.45. The molecule has 0 bridgehead atoms. The summed E-state index contributed by atoms with van der Waals surface area (Å²) in [6.07, 6.45) is 0.857. The number of aliphatic hydroxyl groups is 1. The van der Waals surface area contributed by atoms with Gasteiger partial charge in [-0.2, -0.15) is 0 Å². The minimum Gasteiger partial charge on any atom is -0.479 e. The number of nitrogens with one attached hydrogen (secondary N) is 1. The van der Waals surface area contributed by atoms with E-state index in [0.29, 0.717) is 0 Å². The molecule has 0 amide bonds. The number of rotatable bonds is 6. The van der Waals surface area contributed by atoms with Gasteiger partial charge >= 0.3 is 5.97 Å². The van der Waals surface area contributed by atoms with Crippen LogP contribution in [0.4, 0.5) is 0 Å². The van der Waals surface area contributed by atoms with Gasteiger partial charge < -0.3 is 15.5 Å². The fraction of sp³-hybridized carbons (Fsp3) is 0.545. The zero-order valence-electron chi connectivity index (χ0n) is 9.43. The fourth-order valence-electron chi connectivity index (χ4n) is 1.33. The van der Waals surface area contributed by atoms with E-state index in [1.54, 1.807) is 11.3 Å². The molecular formula is C11H17NO3S. The van der Waals surface area contributed by atoms with Crippen LogP contribution in [0.25, 0.3) is 0 Å². The van der Waals surface area contributed by atoms with Crippen LogP contribution in [0.1, 0.15) is 31.2 Å². The van der Waals surface area contributed by atoms with Crippen LogP contribution in [0.3, 0.4) is 0 Å². The second-order valence-corrected chi connectivity index (χ2v) is 4.92. The Morgan fingerprint density at radius 2 is 2.38 bits per heavy atom. The van der Waals surface area contributed by atoms with Crippen molar-refractivity contribution in [3.05, 3.63) is 22.4 Å². The topological polar surface area (TPSA) is 69.6 Å². The molecule has 0 spiro atoms.